The molecule has 0 aromatic rings. The zero-order chi connectivity index (χ0) is 18.7. The summed E-state index contributed by atoms with van der Waals surface area (Å²) < 4.78 is 9.98. The molecule has 4 N–H and O–H groups in total. The highest BCUT2D eigenvalue weighted by molar-refractivity contribution is 5.86. The molecule has 7 nitrogen and oxygen atoms in total. The Labute approximate surface area is 148 Å². The van der Waals surface area contributed by atoms with Crippen LogP contribution in [0.15, 0.2) is 0 Å². The van der Waals surface area contributed by atoms with Crippen molar-refractivity contribution < 1.29 is 29.3 Å². The summed E-state index contributed by atoms with van der Waals surface area (Å²) in [5.41, 5.74) is 1.85. The Kier molecular flexibility index (Phi) is 6.45. The van der Waals surface area contributed by atoms with Crippen LogP contribution in [0.25, 0.3) is 0 Å². The summed E-state index contributed by atoms with van der Waals surface area (Å²) in [5.74, 6) is -1.72. The number of ether oxygens (including phenoxy) is 2. The second-order valence-electron chi connectivity index (χ2n) is 7.33. The van der Waals surface area contributed by atoms with E-state index in [1.54, 1.807) is 13.8 Å². The van der Waals surface area contributed by atoms with Crippen LogP contribution in [0, 0.1) is 11.8 Å². The van der Waals surface area contributed by atoms with Crippen molar-refractivity contribution in [2.75, 3.05) is 13.2 Å². The lowest BCUT2D eigenvalue weighted by Crippen LogP contribution is -2.72. The molecule has 2 saturated carbocycles. The van der Waals surface area contributed by atoms with Gasteiger partial charge in [-0.05, 0) is 38.5 Å². The molecule has 2 rings (SSSR count). The van der Waals surface area contributed by atoms with E-state index in [2.05, 4.69) is 0 Å². The molecule has 0 amide bonds. The Bertz CT molecular complexity index is 458. The normalized spacial score (nSPS) is 36.7. The topological polar surface area (TPSA) is 119 Å². The van der Waals surface area contributed by atoms with Crippen LogP contribution in [0.1, 0.15) is 58.8 Å². The Morgan fingerprint density at radius 2 is 1.36 bits per heavy atom. The second kappa shape index (κ2) is 8.01. The van der Waals surface area contributed by atoms with Gasteiger partial charge < -0.3 is 25.4 Å². The Morgan fingerprint density at radius 3 is 1.76 bits per heavy atom. The molecule has 0 saturated heterocycles. The lowest BCUT2D eigenvalue weighted by molar-refractivity contribution is -0.204. The molecule has 2 aliphatic carbocycles. The number of carbonyl (C=O) groups is 2. The van der Waals surface area contributed by atoms with Crippen molar-refractivity contribution in [3.63, 3.8) is 0 Å². The summed E-state index contributed by atoms with van der Waals surface area (Å²) in [7, 11) is 0. The maximum absolute atomic E-state index is 12.4. The van der Waals surface area contributed by atoms with Gasteiger partial charge in [0.1, 0.15) is 0 Å². The lowest BCUT2D eigenvalue weighted by Gasteiger charge is -2.49. The summed E-state index contributed by atoms with van der Waals surface area (Å²) >= 11 is 0. The van der Waals surface area contributed by atoms with Crippen molar-refractivity contribution >= 4 is 11.9 Å². The predicted molar refractivity (Wildman–Crippen MR) is 90.4 cm³/mol. The van der Waals surface area contributed by atoms with Crippen LogP contribution in [-0.4, -0.2) is 52.6 Å². The third-order valence-corrected chi connectivity index (χ3v) is 5.75. The van der Waals surface area contributed by atoms with E-state index in [0.717, 1.165) is 32.1 Å². The summed E-state index contributed by atoms with van der Waals surface area (Å²) in [6.07, 6.45) is 5.41. The van der Waals surface area contributed by atoms with Crippen molar-refractivity contribution in [2.24, 2.45) is 17.6 Å². The maximum atomic E-state index is 12.4. The van der Waals surface area contributed by atoms with E-state index in [-0.39, 0.29) is 37.9 Å². The van der Waals surface area contributed by atoms with E-state index < -0.39 is 29.2 Å². The zero-order valence-electron chi connectivity index (χ0n) is 15.2. The number of aliphatic hydroxyl groups is 2. The van der Waals surface area contributed by atoms with Crippen LogP contribution in [0.2, 0.25) is 0 Å². The SMILES string of the molecule is CCOC(=O)[C@]1(O)C[C@H](C2CCCCC2)C[C@](O)(C(=O)OCC)[C@H]1N. The number of nitrogens with two attached hydrogens (primary N) is 1. The lowest BCUT2D eigenvalue weighted by atomic mass is 9.61. The number of hydrogen-bond donors (Lipinski definition) is 3. The molecule has 0 spiro atoms. The first-order chi connectivity index (χ1) is 11.8. The maximum Gasteiger partial charge on any atom is 0.339 e. The average Bonchev–Trinajstić information content (AvgIpc) is 2.60. The van der Waals surface area contributed by atoms with Gasteiger partial charge in [0.15, 0.2) is 11.2 Å². The van der Waals surface area contributed by atoms with Crippen LogP contribution in [-0.2, 0) is 19.1 Å². The number of rotatable bonds is 5. The molecule has 0 aliphatic heterocycles. The van der Waals surface area contributed by atoms with Crippen molar-refractivity contribution in [3.8, 4) is 0 Å². The highest BCUT2D eigenvalue weighted by Gasteiger charge is 2.63. The third kappa shape index (κ3) is 3.83. The quantitative estimate of drug-likeness (QED) is 0.625. The van der Waals surface area contributed by atoms with Gasteiger partial charge in [-0.3, -0.25) is 0 Å². The molecule has 0 bridgehead atoms. The van der Waals surface area contributed by atoms with Crippen LogP contribution in [0.3, 0.4) is 0 Å². The summed E-state index contributed by atoms with van der Waals surface area (Å²) in [5, 5.41) is 22.1. The van der Waals surface area contributed by atoms with E-state index >= 15 is 0 Å². The molecule has 0 heterocycles. The number of carbonyl (C=O) groups excluding carboxylic acids is 2. The molecular weight excluding hydrogens is 326 g/mol. The van der Waals surface area contributed by atoms with Crippen LogP contribution in [0.5, 0.6) is 0 Å². The minimum Gasteiger partial charge on any atom is -0.464 e. The molecule has 4 atom stereocenters. The first-order valence-corrected chi connectivity index (χ1v) is 9.34. The highest BCUT2D eigenvalue weighted by atomic mass is 16.6. The van der Waals surface area contributed by atoms with Gasteiger partial charge in [-0.15, -0.1) is 0 Å². The van der Waals surface area contributed by atoms with Gasteiger partial charge in [0, 0.05) is 0 Å². The largest absolute Gasteiger partial charge is 0.464 e. The standard InChI is InChI=1S/C18H31NO6/c1-3-24-15(20)17(22)10-13(12-8-6-5-7-9-12)11-18(23,14(17)19)16(21)25-4-2/h12-14,22-23H,3-11,19H2,1-2H3/t13-,14-,17-,18+. The van der Waals surface area contributed by atoms with E-state index in [0.29, 0.717) is 0 Å². The van der Waals surface area contributed by atoms with Gasteiger partial charge in [0.05, 0.1) is 19.3 Å². The summed E-state index contributed by atoms with van der Waals surface area (Å²) in [6.45, 7) is 3.43. The first kappa shape index (κ1) is 20.1. The average molecular weight is 357 g/mol. The number of hydrogen-bond acceptors (Lipinski definition) is 7. The molecule has 0 aromatic heterocycles. The molecule has 2 fully saturated rings. The van der Waals surface area contributed by atoms with E-state index in [9.17, 15) is 19.8 Å². The molecule has 0 unspecified atom stereocenters. The van der Waals surface area contributed by atoms with E-state index in [4.69, 9.17) is 15.2 Å². The zero-order valence-corrected chi connectivity index (χ0v) is 15.2. The van der Waals surface area contributed by atoms with Crippen molar-refractivity contribution in [1.29, 1.82) is 0 Å². The van der Waals surface area contributed by atoms with E-state index in [1.165, 1.54) is 0 Å². The molecule has 0 aromatic carbocycles. The van der Waals surface area contributed by atoms with Gasteiger partial charge in [-0.1, -0.05) is 32.1 Å². The van der Waals surface area contributed by atoms with Crippen LogP contribution in [0.4, 0.5) is 0 Å². The molecule has 7 heteroatoms. The van der Waals surface area contributed by atoms with Gasteiger partial charge in [0.25, 0.3) is 0 Å². The highest BCUT2D eigenvalue weighted by Crippen LogP contribution is 2.46. The fraction of sp³-hybridized carbons (Fsp3) is 0.889. The minimum atomic E-state index is -2.10. The van der Waals surface area contributed by atoms with Gasteiger partial charge in [-0.2, -0.15) is 0 Å². The first-order valence-electron chi connectivity index (χ1n) is 9.34. The second-order valence-corrected chi connectivity index (χ2v) is 7.33. The van der Waals surface area contributed by atoms with Crippen molar-refractivity contribution in [1.82, 2.24) is 0 Å². The van der Waals surface area contributed by atoms with Gasteiger partial charge >= 0.3 is 11.9 Å². The predicted octanol–water partition coefficient (Wildman–Crippen LogP) is 0.892. The molecular formula is C18H31NO6. The minimum absolute atomic E-state index is 0.0831. The molecule has 2 aliphatic rings. The molecule has 25 heavy (non-hydrogen) atoms. The van der Waals surface area contributed by atoms with Crippen LogP contribution >= 0.6 is 0 Å². The Balaban J connectivity index is 2.35. The van der Waals surface area contributed by atoms with Crippen molar-refractivity contribution in [3.05, 3.63) is 0 Å². The van der Waals surface area contributed by atoms with Gasteiger partial charge in [-0.25, -0.2) is 9.59 Å². The van der Waals surface area contributed by atoms with Crippen LogP contribution < -0.4 is 5.73 Å². The monoisotopic (exact) mass is 357 g/mol. The summed E-state index contributed by atoms with van der Waals surface area (Å²) in [4.78, 5) is 24.8. The van der Waals surface area contributed by atoms with Crippen molar-refractivity contribution in [2.45, 2.75) is 76.0 Å². The summed E-state index contributed by atoms with van der Waals surface area (Å²) in [6, 6.07) is -1.49. The Morgan fingerprint density at radius 1 is 0.920 bits per heavy atom. The smallest absolute Gasteiger partial charge is 0.339 e. The molecule has 144 valence electrons. The number of esters is 2. The fourth-order valence-corrected chi connectivity index (χ4v) is 4.39. The Hall–Kier alpha value is -1.18. The third-order valence-electron chi connectivity index (χ3n) is 5.75. The van der Waals surface area contributed by atoms with Gasteiger partial charge in [0.2, 0.25) is 0 Å². The molecule has 0 radical (unpaired) electrons. The fourth-order valence-electron chi connectivity index (χ4n) is 4.39. The van der Waals surface area contributed by atoms with E-state index in [1.807, 2.05) is 0 Å².